The third-order valence-corrected chi connectivity index (χ3v) is 6.44. The second-order valence-electron chi connectivity index (χ2n) is 9.34. The van der Waals surface area contributed by atoms with E-state index in [1.807, 2.05) is 6.92 Å². The standard InChI is InChI=1S/C12H20O2S.C10H20OS.C4H8O.Al.Li.4H/c1-10(2)6-5-7-12(4,8-9-13)15-11(3)14;1-9(2)5-4-6-10(3,12)7-8-11;1-2-4-5-3-1;;;;;;/h6,9H,5,7-8H2,1-4H3;5,11-12H,4,6-8H2,1-3H3;1-4H2;;;;;;/q;;;;+1;;;;-1. The zero-order valence-corrected chi connectivity index (χ0v) is 24.2. The molecule has 2 atom stereocenters. The van der Waals surface area contributed by atoms with Crippen molar-refractivity contribution in [2.75, 3.05) is 19.8 Å². The van der Waals surface area contributed by atoms with Gasteiger partial charge in [-0.1, -0.05) is 42.0 Å². The predicted molar refractivity (Wildman–Crippen MR) is 155 cm³/mol. The fourth-order valence-corrected chi connectivity index (χ4v) is 4.23. The topological polar surface area (TPSA) is 63.6 Å². The predicted octanol–water partition coefficient (Wildman–Crippen LogP) is 2.89. The van der Waals surface area contributed by atoms with Crippen LogP contribution in [0.15, 0.2) is 23.3 Å². The summed E-state index contributed by atoms with van der Waals surface area (Å²) in [6, 6.07) is 0. The molecule has 0 aromatic carbocycles. The monoisotopic (exact) mass is 526 g/mol. The van der Waals surface area contributed by atoms with Crippen LogP contribution in [0.3, 0.4) is 0 Å². The normalized spacial score (nSPS) is 15.2. The number of aldehydes is 1. The van der Waals surface area contributed by atoms with Gasteiger partial charge in [0.25, 0.3) is 0 Å². The van der Waals surface area contributed by atoms with Crippen molar-refractivity contribution >= 4 is 53.2 Å². The van der Waals surface area contributed by atoms with Gasteiger partial charge in [-0.25, -0.2) is 0 Å². The Labute approximate surface area is 244 Å². The molecule has 1 heterocycles. The molecule has 1 saturated heterocycles. The van der Waals surface area contributed by atoms with Crippen LogP contribution in [-0.2, 0) is 14.3 Å². The number of allylic oxidation sites excluding steroid dienone is 4. The van der Waals surface area contributed by atoms with E-state index >= 15 is 0 Å². The number of hydrogen-bond donors (Lipinski definition) is 2. The maximum atomic E-state index is 11.1. The van der Waals surface area contributed by atoms with Crippen molar-refractivity contribution in [1.82, 2.24) is 0 Å². The molecule has 1 N–H and O–H groups in total. The molecule has 0 bridgehead atoms. The first-order chi connectivity index (χ1) is 14.9. The third kappa shape index (κ3) is 30.6. The Morgan fingerprint density at radius 2 is 1.47 bits per heavy atom. The molecule has 0 aliphatic carbocycles. The first-order valence-corrected chi connectivity index (χ1v) is 12.9. The van der Waals surface area contributed by atoms with Crippen molar-refractivity contribution in [2.24, 2.45) is 0 Å². The number of aliphatic hydroxyl groups excluding tert-OH is 1. The Morgan fingerprint density at radius 3 is 1.79 bits per heavy atom. The Hall–Kier alpha value is 0.570. The van der Waals surface area contributed by atoms with Gasteiger partial charge >= 0.3 is 18.9 Å². The second kappa shape index (κ2) is 25.2. The molecule has 0 spiro atoms. The SMILES string of the molecule is C1CCOC1.CC(=O)SC(C)(CC=O)CCC=C(C)C.CC(C)=CCCC(C)(S)CCO.[AlH3].[H-].[Li+]. The summed E-state index contributed by atoms with van der Waals surface area (Å²) in [6.45, 7) is 16.1. The number of carbonyl (C=O) groups excluding carboxylic acids is 2. The Bertz CT molecular complexity index is 570. The summed E-state index contributed by atoms with van der Waals surface area (Å²) in [5.41, 5.74) is 2.62. The molecule has 4 nitrogen and oxygen atoms in total. The Balaban J connectivity index is -0.000000134. The molecule has 1 fully saturated rings. The molecule has 1 rings (SSSR count). The van der Waals surface area contributed by atoms with Crippen LogP contribution < -0.4 is 18.9 Å². The smallest absolute Gasteiger partial charge is 1.00 e. The zero-order valence-electron chi connectivity index (χ0n) is 23.5. The van der Waals surface area contributed by atoms with Crippen molar-refractivity contribution in [3.8, 4) is 0 Å². The number of rotatable bonds is 11. The number of ether oxygens (including phenoxy) is 1. The van der Waals surface area contributed by atoms with Gasteiger partial charge in [-0.05, 0) is 79.6 Å². The van der Waals surface area contributed by atoms with Crippen LogP contribution in [0, 0.1) is 0 Å². The van der Waals surface area contributed by atoms with Crippen LogP contribution in [0.5, 0.6) is 0 Å². The minimum atomic E-state index is -0.237. The van der Waals surface area contributed by atoms with E-state index in [9.17, 15) is 9.59 Å². The molecule has 34 heavy (non-hydrogen) atoms. The summed E-state index contributed by atoms with van der Waals surface area (Å²) in [5.74, 6) is 0. The number of thioether (sulfide) groups is 1. The van der Waals surface area contributed by atoms with E-state index in [0.29, 0.717) is 6.42 Å². The number of thiol groups is 1. The molecule has 0 saturated carbocycles. The molecule has 196 valence electrons. The van der Waals surface area contributed by atoms with E-state index in [2.05, 4.69) is 59.4 Å². The van der Waals surface area contributed by atoms with E-state index in [0.717, 1.165) is 51.6 Å². The molecular formula is C26H52AlLiO4S2. The van der Waals surface area contributed by atoms with E-state index in [1.54, 1.807) is 6.92 Å². The molecule has 1 aliphatic rings. The maximum Gasteiger partial charge on any atom is 1.00 e. The van der Waals surface area contributed by atoms with Crippen LogP contribution in [0.4, 0.5) is 0 Å². The number of hydrogen-bond acceptors (Lipinski definition) is 6. The minimum absolute atomic E-state index is 0. The van der Waals surface area contributed by atoms with Gasteiger partial charge in [-0.3, -0.25) is 4.79 Å². The van der Waals surface area contributed by atoms with Crippen molar-refractivity contribution < 1.29 is 39.7 Å². The van der Waals surface area contributed by atoms with Gasteiger partial charge < -0.3 is 16.1 Å². The minimum Gasteiger partial charge on any atom is -1.00 e. The van der Waals surface area contributed by atoms with E-state index in [-0.39, 0.29) is 58.9 Å². The van der Waals surface area contributed by atoms with Crippen molar-refractivity contribution in [1.29, 1.82) is 0 Å². The van der Waals surface area contributed by atoms with Crippen molar-refractivity contribution in [2.45, 2.75) is 109 Å². The Morgan fingerprint density at radius 1 is 1.00 bits per heavy atom. The van der Waals surface area contributed by atoms with Gasteiger partial charge in [0.15, 0.2) is 22.5 Å². The molecule has 0 radical (unpaired) electrons. The summed E-state index contributed by atoms with van der Waals surface area (Å²) < 4.78 is 4.69. The third-order valence-electron chi connectivity index (χ3n) is 4.84. The van der Waals surface area contributed by atoms with Gasteiger partial charge in [0, 0.05) is 42.7 Å². The van der Waals surface area contributed by atoms with Crippen LogP contribution >= 0.6 is 24.4 Å². The fourth-order valence-electron chi connectivity index (χ4n) is 2.93. The van der Waals surface area contributed by atoms with Crippen molar-refractivity contribution in [3.63, 3.8) is 0 Å². The van der Waals surface area contributed by atoms with Crippen LogP contribution in [0.2, 0.25) is 0 Å². The molecule has 8 heteroatoms. The largest absolute Gasteiger partial charge is 1.00 e. The van der Waals surface area contributed by atoms with Crippen LogP contribution in [-0.4, -0.2) is 63.2 Å². The van der Waals surface area contributed by atoms with Crippen molar-refractivity contribution in [3.05, 3.63) is 23.3 Å². The quantitative estimate of drug-likeness (QED) is 0.188. The fraction of sp³-hybridized carbons (Fsp3) is 0.769. The molecule has 0 amide bonds. The van der Waals surface area contributed by atoms with Crippen LogP contribution in [0.1, 0.15) is 101 Å². The molecular weight excluding hydrogens is 474 g/mol. The molecule has 2 unspecified atom stereocenters. The average Bonchev–Trinajstić information content (AvgIpc) is 3.20. The summed E-state index contributed by atoms with van der Waals surface area (Å²) >= 11 is 5.76. The summed E-state index contributed by atoms with van der Waals surface area (Å²) in [4.78, 5) is 21.6. The van der Waals surface area contributed by atoms with E-state index in [1.165, 1.54) is 35.7 Å². The second-order valence-corrected chi connectivity index (χ2v) is 12.2. The van der Waals surface area contributed by atoms with Gasteiger partial charge in [0.1, 0.15) is 6.29 Å². The van der Waals surface area contributed by atoms with Gasteiger partial charge in [0.05, 0.1) is 0 Å². The molecule has 1 aliphatic heterocycles. The maximum absolute atomic E-state index is 11.1. The van der Waals surface area contributed by atoms with Gasteiger partial charge in [0.2, 0.25) is 0 Å². The first-order valence-electron chi connectivity index (χ1n) is 11.7. The van der Waals surface area contributed by atoms with Gasteiger partial charge in [-0.2, -0.15) is 12.6 Å². The first kappa shape index (κ1) is 41.7. The zero-order chi connectivity index (χ0) is 25.0. The van der Waals surface area contributed by atoms with E-state index in [4.69, 9.17) is 9.84 Å². The summed E-state index contributed by atoms with van der Waals surface area (Å²) in [5, 5.41) is 8.83. The van der Waals surface area contributed by atoms with Gasteiger partial charge in [-0.15, -0.1) is 0 Å². The number of carbonyl (C=O) groups is 2. The summed E-state index contributed by atoms with van der Waals surface area (Å²) in [7, 11) is 0. The van der Waals surface area contributed by atoms with E-state index < -0.39 is 0 Å². The number of aliphatic hydroxyl groups is 1. The average molecular weight is 527 g/mol. The molecule has 0 aromatic rings. The molecule has 0 aromatic heterocycles. The Kier molecular flexibility index (Phi) is 30.9. The summed E-state index contributed by atoms with van der Waals surface area (Å²) in [6.07, 6.45) is 12.9. The van der Waals surface area contributed by atoms with Crippen LogP contribution in [0.25, 0.3) is 0 Å².